The Morgan fingerprint density at radius 3 is 3.10 bits per heavy atom. The van der Waals surface area contributed by atoms with Crippen molar-refractivity contribution in [3.63, 3.8) is 0 Å². The zero-order valence-corrected chi connectivity index (χ0v) is 11.0. The number of hydrogen-bond acceptors (Lipinski definition) is 5. The number of carbonyl (C=O) groups is 1. The van der Waals surface area contributed by atoms with Crippen LogP contribution < -0.4 is 11.1 Å². The van der Waals surface area contributed by atoms with E-state index in [0.29, 0.717) is 24.0 Å². The molecular formula is C14H17N3O3. The standard InChI is InChI=1S/C14H17N3O3/c15-8-9-3-1-4-10(9)16-14(18)11-7-13(20-17-11)12-5-2-6-19-12/h2,5-7,9-10H,1,3-4,8,15H2,(H,16,18). The van der Waals surface area contributed by atoms with Crippen molar-refractivity contribution in [2.24, 2.45) is 11.7 Å². The molecule has 0 aromatic carbocycles. The summed E-state index contributed by atoms with van der Waals surface area (Å²) >= 11 is 0. The first-order valence-electron chi connectivity index (χ1n) is 6.79. The quantitative estimate of drug-likeness (QED) is 0.887. The molecule has 1 aliphatic rings. The Morgan fingerprint density at radius 1 is 1.45 bits per heavy atom. The Labute approximate surface area is 116 Å². The van der Waals surface area contributed by atoms with Crippen LogP contribution >= 0.6 is 0 Å². The molecule has 0 aliphatic heterocycles. The van der Waals surface area contributed by atoms with Gasteiger partial charge in [0.05, 0.1) is 6.26 Å². The summed E-state index contributed by atoms with van der Waals surface area (Å²) in [6.45, 7) is 0.599. The van der Waals surface area contributed by atoms with Crippen LogP contribution in [0.3, 0.4) is 0 Å². The van der Waals surface area contributed by atoms with Crippen LogP contribution in [0.4, 0.5) is 0 Å². The predicted octanol–water partition coefficient (Wildman–Crippen LogP) is 1.79. The second kappa shape index (κ2) is 5.50. The number of amides is 1. The number of hydrogen-bond donors (Lipinski definition) is 2. The molecule has 1 saturated carbocycles. The SMILES string of the molecule is NCC1CCCC1NC(=O)c1cc(-c2ccco2)on1. The molecule has 2 aromatic rings. The summed E-state index contributed by atoms with van der Waals surface area (Å²) in [7, 11) is 0. The third kappa shape index (κ3) is 2.46. The van der Waals surface area contributed by atoms with E-state index in [-0.39, 0.29) is 17.6 Å². The molecule has 6 nitrogen and oxygen atoms in total. The smallest absolute Gasteiger partial charge is 0.273 e. The van der Waals surface area contributed by atoms with E-state index in [1.165, 1.54) is 0 Å². The summed E-state index contributed by atoms with van der Waals surface area (Å²) in [4.78, 5) is 12.1. The van der Waals surface area contributed by atoms with Gasteiger partial charge in [-0.2, -0.15) is 0 Å². The number of nitrogens with zero attached hydrogens (tertiary/aromatic N) is 1. The third-order valence-corrected chi connectivity index (χ3v) is 3.79. The summed E-state index contributed by atoms with van der Waals surface area (Å²) < 4.78 is 10.3. The van der Waals surface area contributed by atoms with E-state index in [1.54, 1.807) is 24.5 Å². The number of nitrogens with one attached hydrogen (secondary N) is 1. The van der Waals surface area contributed by atoms with Crippen LogP contribution in [0.25, 0.3) is 11.5 Å². The van der Waals surface area contributed by atoms with Crippen LogP contribution in [0.15, 0.2) is 33.4 Å². The summed E-state index contributed by atoms with van der Waals surface area (Å²) in [6.07, 6.45) is 4.68. The van der Waals surface area contributed by atoms with E-state index < -0.39 is 0 Å². The average molecular weight is 275 g/mol. The van der Waals surface area contributed by atoms with Crippen molar-refractivity contribution in [3.8, 4) is 11.5 Å². The van der Waals surface area contributed by atoms with Gasteiger partial charge in [0.2, 0.25) is 5.76 Å². The molecule has 2 unspecified atom stereocenters. The van der Waals surface area contributed by atoms with Crippen LogP contribution in [0.2, 0.25) is 0 Å². The Balaban J connectivity index is 1.68. The molecule has 2 atom stereocenters. The van der Waals surface area contributed by atoms with Crippen molar-refractivity contribution in [3.05, 3.63) is 30.2 Å². The second-order valence-electron chi connectivity index (χ2n) is 5.06. The Bertz CT molecular complexity index is 576. The van der Waals surface area contributed by atoms with Gasteiger partial charge in [-0.1, -0.05) is 11.6 Å². The van der Waals surface area contributed by atoms with E-state index in [9.17, 15) is 4.79 Å². The fourth-order valence-electron chi connectivity index (χ4n) is 2.67. The van der Waals surface area contributed by atoms with Gasteiger partial charge in [-0.25, -0.2) is 0 Å². The first kappa shape index (κ1) is 12.9. The predicted molar refractivity (Wildman–Crippen MR) is 71.9 cm³/mol. The molecular weight excluding hydrogens is 258 g/mol. The lowest BCUT2D eigenvalue weighted by molar-refractivity contribution is 0.0919. The Kier molecular flexibility index (Phi) is 3.56. The van der Waals surface area contributed by atoms with Gasteiger partial charge in [0.25, 0.3) is 5.91 Å². The zero-order chi connectivity index (χ0) is 13.9. The van der Waals surface area contributed by atoms with E-state index in [0.717, 1.165) is 19.3 Å². The van der Waals surface area contributed by atoms with Crippen LogP contribution in [-0.2, 0) is 0 Å². The highest BCUT2D eigenvalue weighted by Gasteiger charge is 2.28. The molecule has 2 heterocycles. The highest BCUT2D eigenvalue weighted by atomic mass is 16.5. The van der Waals surface area contributed by atoms with Gasteiger partial charge in [-0.3, -0.25) is 4.79 Å². The van der Waals surface area contributed by atoms with Gasteiger partial charge in [-0.15, -0.1) is 0 Å². The Morgan fingerprint density at radius 2 is 2.35 bits per heavy atom. The summed E-state index contributed by atoms with van der Waals surface area (Å²) in [5, 5.41) is 6.77. The fourth-order valence-corrected chi connectivity index (χ4v) is 2.67. The summed E-state index contributed by atoms with van der Waals surface area (Å²) in [5.41, 5.74) is 5.97. The molecule has 0 radical (unpaired) electrons. The molecule has 20 heavy (non-hydrogen) atoms. The first-order chi connectivity index (χ1) is 9.78. The van der Waals surface area contributed by atoms with Crippen molar-refractivity contribution in [1.29, 1.82) is 0 Å². The van der Waals surface area contributed by atoms with Gasteiger partial charge < -0.3 is 20.0 Å². The van der Waals surface area contributed by atoms with Gasteiger partial charge >= 0.3 is 0 Å². The molecule has 0 spiro atoms. The van der Waals surface area contributed by atoms with Crippen molar-refractivity contribution in [2.75, 3.05) is 6.54 Å². The van der Waals surface area contributed by atoms with E-state index in [4.69, 9.17) is 14.7 Å². The summed E-state index contributed by atoms with van der Waals surface area (Å²) in [6, 6.07) is 5.22. The molecule has 1 fully saturated rings. The highest BCUT2D eigenvalue weighted by Crippen LogP contribution is 2.25. The minimum Gasteiger partial charge on any atom is -0.461 e. The van der Waals surface area contributed by atoms with E-state index in [2.05, 4.69) is 10.5 Å². The van der Waals surface area contributed by atoms with Gasteiger partial charge in [0.1, 0.15) is 0 Å². The monoisotopic (exact) mass is 275 g/mol. The third-order valence-electron chi connectivity index (χ3n) is 3.79. The maximum Gasteiger partial charge on any atom is 0.273 e. The molecule has 106 valence electrons. The van der Waals surface area contributed by atoms with Crippen LogP contribution in [0, 0.1) is 5.92 Å². The van der Waals surface area contributed by atoms with Crippen molar-refractivity contribution in [2.45, 2.75) is 25.3 Å². The van der Waals surface area contributed by atoms with Crippen molar-refractivity contribution in [1.82, 2.24) is 10.5 Å². The van der Waals surface area contributed by atoms with Gasteiger partial charge in [0, 0.05) is 12.1 Å². The lowest BCUT2D eigenvalue weighted by Crippen LogP contribution is -2.39. The summed E-state index contributed by atoms with van der Waals surface area (Å²) in [5.74, 6) is 1.13. The number of rotatable bonds is 4. The van der Waals surface area contributed by atoms with Crippen molar-refractivity contribution < 1.29 is 13.7 Å². The molecule has 0 saturated heterocycles. The lowest BCUT2D eigenvalue weighted by atomic mass is 10.0. The normalized spacial score (nSPS) is 22.1. The van der Waals surface area contributed by atoms with Crippen LogP contribution in [0.1, 0.15) is 29.8 Å². The first-order valence-corrected chi connectivity index (χ1v) is 6.79. The second-order valence-corrected chi connectivity index (χ2v) is 5.06. The van der Waals surface area contributed by atoms with Crippen LogP contribution in [0.5, 0.6) is 0 Å². The fraction of sp³-hybridized carbons (Fsp3) is 0.429. The molecule has 6 heteroatoms. The topological polar surface area (TPSA) is 94.3 Å². The van der Waals surface area contributed by atoms with E-state index >= 15 is 0 Å². The van der Waals surface area contributed by atoms with Crippen LogP contribution in [-0.4, -0.2) is 23.7 Å². The van der Waals surface area contributed by atoms with E-state index in [1.807, 2.05) is 0 Å². The number of furan rings is 1. The van der Waals surface area contributed by atoms with Crippen molar-refractivity contribution >= 4 is 5.91 Å². The lowest BCUT2D eigenvalue weighted by Gasteiger charge is -2.18. The Hall–Kier alpha value is -2.08. The van der Waals surface area contributed by atoms with Gasteiger partial charge in [0.15, 0.2) is 11.5 Å². The number of aromatic nitrogens is 1. The molecule has 1 aliphatic carbocycles. The largest absolute Gasteiger partial charge is 0.461 e. The zero-order valence-electron chi connectivity index (χ0n) is 11.0. The molecule has 0 bridgehead atoms. The number of carbonyl (C=O) groups excluding carboxylic acids is 1. The minimum atomic E-state index is -0.225. The van der Waals surface area contributed by atoms with Gasteiger partial charge in [-0.05, 0) is 37.4 Å². The number of nitrogens with two attached hydrogens (primary N) is 1. The minimum absolute atomic E-state index is 0.135. The average Bonchev–Trinajstić information content (AvgIpc) is 3.19. The molecule has 2 aromatic heterocycles. The molecule has 3 N–H and O–H groups in total. The molecule has 1 amide bonds. The molecule has 3 rings (SSSR count). The highest BCUT2D eigenvalue weighted by molar-refractivity contribution is 5.93. The maximum atomic E-state index is 12.1. The maximum absolute atomic E-state index is 12.1.